The first-order chi connectivity index (χ1) is 9.06. The van der Waals surface area contributed by atoms with Gasteiger partial charge in [-0.15, -0.1) is 0 Å². The van der Waals surface area contributed by atoms with E-state index in [1.54, 1.807) is 0 Å². The van der Waals surface area contributed by atoms with E-state index in [0.717, 1.165) is 13.0 Å². The van der Waals surface area contributed by atoms with Gasteiger partial charge in [0.05, 0.1) is 6.54 Å². The van der Waals surface area contributed by atoms with Gasteiger partial charge in [-0.1, -0.05) is 17.7 Å². The highest BCUT2D eigenvalue weighted by Gasteiger charge is 2.20. The van der Waals surface area contributed by atoms with Crippen molar-refractivity contribution in [2.45, 2.75) is 46.1 Å². The molecule has 3 nitrogen and oxygen atoms in total. The molecule has 0 aliphatic heterocycles. The van der Waals surface area contributed by atoms with Crippen molar-refractivity contribution >= 4 is 5.91 Å². The Morgan fingerprint density at radius 3 is 2.42 bits per heavy atom. The van der Waals surface area contributed by atoms with E-state index in [1.165, 1.54) is 35.1 Å². The van der Waals surface area contributed by atoms with Crippen molar-refractivity contribution in [1.29, 1.82) is 0 Å². The van der Waals surface area contributed by atoms with Crippen LogP contribution < -0.4 is 10.6 Å². The Morgan fingerprint density at radius 2 is 1.84 bits per heavy atom. The molecule has 1 aliphatic carbocycles. The second-order valence-electron chi connectivity index (χ2n) is 5.63. The molecule has 1 aliphatic rings. The third kappa shape index (κ3) is 4.35. The van der Waals surface area contributed by atoms with Crippen LogP contribution in [-0.4, -0.2) is 25.0 Å². The zero-order valence-corrected chi connectivity index (χ0v) is 12.2. The molecule has 1 fully saturated rings. The molecular formula is C16H24N2O. The minimum absolute atomic E-state index is 0.106. The van der Waals surface area contributed by atoms with E-state index >= 15 is 0 Å². The van der Waals surface area contributed by atoms with Crippen LogP contribution in [0.5, 0.6) is 0 Å². The lowest BCUT2D eigenvalue weighted by Crippen LogP contribution is -2.35. The van der Waals surface area contributed by atoms with Gasteiger partial charge in [0, 0.05) is 12.6 Å². The van der Waals surface area contributed by atoms with Gasteiger partial charge in [0.1, 0.15) is 0 Å². The molecule has 0 aromatic heterocycles. The number of amides is 1. The quantitative estimate of drug-likeness (QED) is 0.821. The van der Waals surface area contributed by atoms with Crippen molar-refractivity contribution in [3.05, 3.63) is 34.4 Å². The zero-order valence-electron chi connectivity index (χ0n) is 12.2. The van der Waals surface area contributed by atoms with Gasteiger partial charge in [-0.2, -0.15) is 0 Å². The van der Waals surface area contributed by atoms with E-state index in [4.69, 9.17) is 0 Å². The maximum absolute atomic E-state index is 11.6. The third-order valence-corrected chi connectivity index (χ3v) is 3.67. The summed E-state index contributed by atoms with van der Waals surface area (Å²) in [5, 5.41) is 6.21. The molecule has 0 saturated heterocycles. The van der Waals surface area contributed by atoms with Crippen molar-refractivity contribution < 1.29 is 4.79 Å². The maximum atomic E-state index is 11.6. The van der Waals surface area contributed by atoms with Crippen molar-refractivity contribution in [2.75, 3.05) is 13.1 Å². The second kappa shape index (κ2) is 6.20. The molecule has 2 N–H and O–H groups in total. The van der Waals surface area contributed by atoms with Gasteiger partial charge >= 0.3 is 0 Å². The molecule has 1 aromatic carbocycles. The van der Waals surface area contributed by atoms with Crippen LogP contribution in [0.2, 0.25) is 0 Å². The normalized spacial score (nSPS) is 14.5. The monoisotopic (exact) mass is 260 g/mol. The predicted molar refractivity (Wildman–Crippen MR) is 78.4 cm³/mol. The molecule has 0 bridgehead atoms. The molecular weight excluding hydrogens is 236 g/mol. The lowest BCUT2D eigenvalue weighted by molar-refractivity contribution is -0.120. The van der Waals surface area contributed by atoms with Gasteiger partial charge in [0.15, 0.2) is 0 Å². The van der Waals surface area contributed by atoms with Gasteiger partial charge in [-0.3, -0.25) is 4.79 Å². The molecule has 3 heteroatoms. The van der Waals surface area contributed by atoms with Crippen LogP contribution in [0.15, 0.2) is 12.1 Å². The van der Waals surface area contributed by atoms with Crippen molar-refractivity contribution in [3.8, 4) is 0 Å². The second-order valence-corrected chi connectivity index (χ2v) is 5.63. The number of aryl methyl sites for hydroxylation is 3. The topological polar surface area (TPSA) is 41.1 Å². The van der Waals surface area contributed by atoms with E-state index in [-0.39, 0.29) is 5.91 Å². The smallest absolute Gasteiger partial charge is 0.233 e. The Kier molecular flexibility index (Phi) is 4.59. The van der Waals surface area contributed by atoms with Gasteiger partial charge < -0.3 is 10.6 Å². The zero-order chi connectivity index (χ0) is 13.8. The molecule has 1 aromatic rings. The van der Waals surface area contributed by atoms with E-state index < -0.39 is 0 Å². The number of carbonyl (C=O) groups excluding carboxylic acids is 1. The molecule has 0 radical (unpaired) electrons. The summed E-state index contributed by atoms with van der Waals surface area (Å²) in [5.74, 6) is 0.106. The summed E-state index contributed by atoms with van der Waals surface area (Å²) in [6.45, 7) is 7.58. The van der Waals surface area contributed by atoms with E-state index in [2.05, 4.69) is 43.5 Å². The predicted octanol–water partition coefficient (Wildman–Crippen LogP) is 2.02. The molecule has 0 spiro atoms. The Labute approximate surface area is 115 Å². The molecule has 0 unspecified atom stereocenters. The highest BCUT2D eigenvalue weighted by atomic mass is 16.1. The van der Waals surface area contributed by atoms with Gasteiger partial charge in [-0.25, -0.2) is 0 Å². The number of hydrogen-bond acceptors (Lipinski definition) is 2. The summed E-state index contributed by atoms with van der Waals surface area (Å²) in [4.78, 5) is 11.6. The van der Waals surface area contributed by atoms with Crippen molar-refractivity contribution in [3.63, 3.8) is 0 Å². The third-order valence-electron chi connectivity index (χ3n) is 3.67. The Hall–Kier alpha value is -1.35. The van der Waals surface area contributed by atoms with Gasteiger partial charge in [-0.05, 0) is 56.7 Å². The van der Waals surface area contributed by atoms with Crippen molar-refractivity contribution in [2.24, 2.45) is 0 Å². The number of rotatable bonds is 6. The fraction of sp³-hybridized carbons (Fsp3) is 0.562. The highest BCUT2D eigenvalue weighted by molar-refractivity contribution is 5.78. The molecule has 104 valence electrons. The van der Waals surface area contributed by atoms with E-state index in [0.29, 0.717) is 12.6 Å². The average molecular weight is 260 g/mol. The minimum Gasteiger partial charge on any atom is -0.355 e. The largest absolute Gasteiger partial charge is 0.355 e. The molecule has 1 saturated carbocycles. The van der Waals surface area contributed by atoms with Crippen LogP contribution in [0, 0.1) is 20.8 Å². The van der Waals surface area contributed by atoms with Gasteiger partial charge in [0.25, 0.3) is 0 Å². The lowest BCUT2D eigenvalue weighted by atomic mass is 9.97. The Bertz CT molecular complexity index is 441. The van der Waals surface area contributed by atoms with Crippen LogP contribution in [-0.2, 0) is 11.2 Å². The number of hydrogen-bond donors (Lipinski definition) is 2. The number of carbonyl (C=O) groups is 1. The molecule has 0 heterocycles. The van der Waals surface area contributed by atoms with Crippen LogP contribution in [0.4, 0.5) is 0 Å². The van der Waals surface area contributed by atoms with Crippen LogP contribution in [0.25, 0.3) is 0 Å². The molecule has 19 heavy (non-hydrogen) atoms. The first kappa shape index (κ1) is 14.1. The van der Waals surface area contributed by atoms with Crippen LogP contribution in [0.1, 0.15) is 35.1 Å². The maximum Gasteiger partial charge on any atom is 0.233 e. The summed E-state index contributed by atoms with van der Waals surface area (Å²) in [7, 11) is 0. The van der Waals surface area contributed by atoms with Crippen molar-refractivity contribution in [1.82, 2.24) is 10.6 Å². The van der Waals surface area contributed by atoms with E-state index in [1.807, 2.05) is 0 Å². The summed E-state index contributed by atoms with van der Waals surface area (Å²) in [6.07, 6.45) is 3.34. The highest BCUT2D eigenvalue weighted by Crippen LogP contribution is 2.18. The van der Waals surface area contributed by atoms with Crippen LogP contribution in [0.3, 0.4) is 0 Å². The first-order valence-electron chi connectivity index (χ1n) is 7.13. The SMILES string of the molecule is Cc1cc(C)c(CCNC(=O)CNC2CC2)c(C)c1. The Morgan fingerprint density at radius 1 is 1.21 bits per heavy atom. The summed E-state index contributed by atoms with van der Waals surface area (Å²) in [6, 6.07) is 5.00. The van der Waals surface area contributed by atoms with Gasteiger partial charge in [0.2, 0.25) is 5.91 Å². The van der Waals surface area contributed by atoms with E-state index in [9.17, 15) is 4.79 Å². The summed E-state index contributed by atoms with van der Waals surface area (Å²) < 4.78 is 0. The molecule has 0 atom stereocenters. The van der Waals surface area contributed by atoms with Crippen LogP contribution >= 0.6 is 0 Å². The minimum atomic E-state index is 0.106. The standard InChI is InChI=1S/C16H24N2O/c1-11-8-12(2)15(13(3)9-11)6-7-17-16(19)10-18-14-4-5-14/h8-9,14,18H,4-7,10H2,1-3H3,(H,17,19). The molecule has 1 amide bonds. The number of nitrogens with one attached hydrogen (secondary N) is 2. The number of benzene rings is 1. The summed E-state index contributed by atoms with van der Waals surface area (Å²) >= 11 is 0. The fourth-order valence-electron chi connectivity index (χ4n) is 2.52. The molecule has 2 rings (SSSR count). The summed E-state index contributed by atoms with van der Waals surface area (Å²) in [5.41, 5.74) is 5.31. The Balaban J connectivity index is 1.76. The lowest BCUT2D eigenvalue weighted by Gasteiger charge is -2.12. The first-order valence-corrected chi connectivity index (χ1v) is 7.13. The fourth-order valence-corrected chi connectivity index (χ4v) is 2.52. The average Bonchev–Trinajstić information content (AvgIpc) is 3.13.